The number of nitrogens with one attached hydrogen (secondary N) is 1. The minimum atomic E-state index is 0.413. The molecule has 34 heavy (non-hydrogen) atoms. The molecular formula is C25H20Cl3N3O2S. The van der Waals surface area contributed by atoms with Gasteiger partial charge in [0.2, 0.25) is 5.13 Å². The zero-order chi connectivity index (χ0) is 23.9. The van der Waals surface area contributed by atoms with Gasteiger partial charge in [-0.3, -0.25) is 5.43 Å². The summed E-state index contributed by atoms with van der Waals surface area (Å²) in [7, 11) is 0. The molecule has 0 saturated carbocycles. The second-order valence-corrected chi connectivity index (χ2v) is 9.22. The fourth-order valence-corrected chi connectivity index (χ4v) is 4.33. The number of hydrogen-bond donors (Lipinski definition) is 1. The number of rotatable bonds is 9. The summed E-state index contributed by atoms with van der Waals surface area (Å²) in [6, 6.07) is 18.5. The van der Waals surface area contributed by atoms with E-state index in [9.17, 15) is 0 Å². The number of halogens is 3. The number of thiazole rings is 1. The smallest absolute Gasteiger partial charge is 0.203 e. The minimum Gasteiger partial charge on any atom is -0.490 e. The van der Waals surface area contributed by atoms with Crippen LogP contribution in [0.1, 0.15) is 18.1 Å². The highest BCUT2D eigenvalue weighted by Gasteiger charge is 2.09. The molecule has 4 aromatic rings. The van der Waals surface area contributed by atoms with Gasteiger partial charge in [0.25, 0.3) is 0 Å². The summed E-state index contributed by atoms with van der Waals surface area (Å²) in [5, 5.41) is 8.68. The summed E-state index contributed by atoms with van der Waals surface area (Å²) >= 11 is 19.6. The maximum atomic E-state index is 6.28. The Morgan fingerprint density at radius 2 is 1.74 bits per heavy atom. The van der Waals surface area contributed by atoms with Crippen molar-refractivity contribution in [1.82, 2.24) is 4.98 Å². The Hall–Kier alpha value is -2.77. The molecule has 0 spiro atoms. The van der Waals surface area contributed by atoms with E-state index in [2.05, 4.69) is 15.5 Å². The number of aromatic nitrogens is 1. The van der Waals surface area contributed by atoms with Crippen molar-refractivity contribution in [3.8, 4) is 22.8 Å². The summed E-state index contributed by atoms with van der Waals surface area (Å²) in [5.41, 5.74) is 6.40. The number of benzene rings is 3. The summed E-state index contributed by atoms with van der Waals surface area (Å²) in [6.07, 6.45) is 1.70. The van der Waals surface area contributed by atoms with Crippen molar-refractivity contribution < 1.29 is 9.47 Å². The van der Waals surface area contributed by atoms with Crippen LogP contribution in [0.15, 0.2) is 71.1 Å². The van der Waals surface area contributed by atoms with E-state index in [4.69, 9.17) is 44.3 Å². The number of hydrazone groups is 1. The van der Waals surface area contributed by atoms with Crippen molar-refractivity contribution in [2.45, 2.75) is 13.5 Å². The Balaban J connectivity index is 1.41. The predicted octanol–water partition coefficient (Wildman–Crippen LogP) is 8.19. The van der Waals surface area contributed by atoms with Crippen LogP contribution in [0.25, 0.3) is 11.3 Å². The molecule has 174 valence electrons. The molecule has 3 aromatic carbocycles. The average Bonchev–Trinajstić information content (AvgIpc) is 3.28. The van der Waals surface area contributed by atoms with Gasteiger partial charge in [-0.05, 0) is 66.6 Å². The predicted molar refractivity (Wildman–Crippen MR) is 142 cm³/mol. The molecule has 0 fully saturated rings. The maximum Gasteiger partial charge on any atom is 0.203 e. The van der Waals surface area contributed by atoms with Crippen molar-refractivity contribution in [2.24, 2.45) is 5.10 Å². The molecule has 1 N–H and O–H groups in total. The van der Waals surface area contributed by atoms with Crippen LogP contribution in [-0.2, 0) is 6.61 Å². The fourth-order valence-electron chi connectivity index (χ4n) is 3.04. The summed E-state index contributed by atoms with van der Waals surface area (Å²) in [5.74, 6) is 1.31. The highest BCUT2D eigenvalue weighted by Crippen LogP contribution is 2.32. The lowest BCUT2D eigenvalue weighted by Gasteiger charge is -2.12. The third-order valence-corrected chi connectivity index (χ3v) is 6.21. The fraction of sp³-hybridized carbons (Fsp3) is 0.120. The number of ether oxygens (including phenoxy) is 2. The van der Waals surface area contributed by atoms with Gasteiger partial charge in [-0.1, -0.05) is 46.9 Å². The molecule has 0 saturated heterocycles. The molecular weight excluding hydrogens is 513 g/mol. The largest absolute Gasteiger partial charge is 0.490 e. The molecule has 0 radical (unpaired) electrons. The van der Waals surface area contributed by atoms with Gasteiger partial charge in [-0.25, -0.2) is 4.98 Å². The monoisotopic (exact) mass is 531 g/mol. The molecule has 9 heteroatoms. The van der Waals surface area contributed by atoms with E-state index in [1.807, 2.05) is 60.8 Å². The van der Waals surface area contributed by atoms with Crippen LogP contribution in [0.5, 0.6) is 11.5 Å². The van der Waals surface area contributed by atoms with Gasteiger partial charge in [-0.2, -0.15) is 5.10 Å². The molecule has 0 atom stereocenters. The van der Waals surface area contributed by atoms with Crippen LogP contribution in [0.2, 0.25) is 15.1 Å². The van der Waals surface area contributed by atoms with Gasteiger partial charge in [0.1, 0.15) is 6.61 Å². The number of anilines is 1. The zero-order valence-corrected chi connectivity index (χ0v) is 21.2. The first-order valence-corrected chi connectivity index (χ1v) is 12.4. The summed E-state index contributed by atoms with van der Waals surface area (Å²) < 4.78 is 11.7. The highest BCUT2D eigenvalue weighted by atomic mass is 35.5. The minimum absolute atomic E-state index is 0.413. The van der Waals surface area contributed by atoms with E-state index < -0.39 is 0 Å². The van der Waals surface area contributed by atoms with Gasteiger partial charge in [-0.15, -0.1) is 11.3 Å². The van der Waals surface area contributed by atoms with E-state index in [1.54, 1.807) is 18.3 Å². The van der Waals surface area contributed by atoms with E-state index in [1.165, 1.54) is 11.3 Å². The van der Waals surface area contributed by atoms with Crippen molar-refractivity contribution in [2.75, 3.05) is 12.0 Å². The standard InChI is InChI=1S/C25H20Cl3N3O2S/c1-2-32-24-11-17(5-10-23(24)33-14-16-3-6-18(26)7-4-16)13-29-31-25-30-22(15-34-25)20-9-8-19(27)12-21(20)28/h3-13,15H,2,14H2,1H3,(H,30,31)/b29-13+. The second-order valence-electron chi connectivity index (χ2n) is 7.09. The Bertz CT molecular complexity index is 1290. The van der Waals surface area contributed by atoms with Gasteiger partial charge in [0, 0.05) is 21.0 Å². The molecule has 0 unspecified atom stereocenters. The summed E-state index contributed by atoms with van der Waals surface area (Å²) in [4.78, 5) is 4.54. The number of hydrogen-bond acceptors (Lipinski definition) is 6. The van der Waals surface area contributed by atoms with Crippen LogP contribution in [-0.4, -0.2) is 17.8 Å². The van der Waals surface area contributed by atoms with Gasteiger partial charge < -0.3 is 9.47 Å². The third kappa shape index (κ3) is 6.42. The van der Waals surface area contributed by atoms with Gasteiger partial charge in [0.05, 0.1) is 23.5 Å². The highest BCUT2D eigenvalue weighted by molar-refractivity contribution is 7.14. The maximum absolute atomic E-state index is 6.28. The molecule has 1 aromatic heterocycles. The van der Waals surface area contributed by atoms with Crippen LogP contribution >= 0.6 is 46.1 Å². The second kappa shape index (κ2) is 11.6. The molecule has 0 amide bonds. The lowest BCUT2D eigenvalue weighted by molar-refractivity contribution is 0.269. The Labute approximate surface area is 216 Å². The van der Waals surface area contributed by atoms with E-state index in [-0.39, 0.29) is 0 Å². The quantitative estimate of drug-likeness (QED) is 0.174. The molecule has 1 heterocycles. The van der Waals surface area contributed by atoms with Crippen LogP contribution < -0.4 is 14.9 Å². The lowest BCUT2D eigenvalue weighted by atomic mass is 10.2. The molecule has 0 aliphatic heterocycles. The van der Waals surface area contributed by atoms with Gasteiger partial charge >= 0.3 is 0 Å². The van der Waals surface area contributed by atoms with Gasteiger partial charge in [0.15, 0.2) is 11.5 Å². The Morgan fingerprint density at radius 1 is 0.941 bits per heavy atom. The normalized spacial score (nSPS) is 11.1. The van der Waals surface area contributed by atoms with Crippen molar-refractivity contribution in [1.29, 1.82) is 0 Å². The average molecular weight is 533 g/mol. The first kappa shape index (κ1) is 24.4. The Kier molecular flexibility index (Phi) is 8.29. The van der Waals surface area contributed by atoms with Crippen molar-refractivity contribution in [3.05, 3.63) is 92.2 Å². The SMILES string of the molecule is CCOc1cc(/C=N/Nc2nc(-c3ccc(Cl)cc3Cl)cs2)ccc1OCc1ccc(Cl)cc1. The first-order valence-electron chi connectivity index (χ1n) is 10.4. The Morgan fingerprint density at radius 3 is 2.50 bits per heavy atom. The van der Waals surface area contributed by atoms with Crippen molar-refractivity contribution in [3.63, 3.8) is 0 Å². The molecule has 5 nitrogen and oxygen atoms in total. The topological polar surface area (TPSA) is 55.7 Å². The first-order chi connectivity index (χ1) is 16.5. The number of nitrogens with zero attached hydrogens (tertiary/aromatic N) is 2. The van der Waals surface area contributed by atoms with E-state index in [0.29, 0.717) is 44.9 Å². The van der Waals surface area contributed by atoms with Crippen LogP contribution in [0.3, 0.4) is 0 Å². The van der Waals surface area contributed by atoms with E-state index >= 15 is 0 Å². The summed E-state index contributed by atoms with van der Waals surface area (Å²) in [6.45, 7) is 2.86. The van der Waals surface area contributed by atoms with Crippen LogP contribution in [0.4, 0.5) is 5.13 Å². The third-order valence-electron chi connectivity index (χ3n) is 4.66. The zero-order valence-electron chi connectivity index (χ0n) is 18.1. The van der Waals surface area contributed by atoms with Crippen molar-refractivity contribution >= 4 is 57.5 Å². The molecule has 4 rings (SSSR count). The lowest BCUT2D eigenvalue weighted by Crippen LogP contribution is -2.00. The van der Waals surface area contributed by atoms with Crippen LogP contribution in [0, 0.1) is 0 Å². The molecule has 0 aliphatic rings. The molecule has 0 bridgehead atoms. The molecule has 0 aliphatic carbocycles. The van der Waals surface area contributed by atoms with E-state index in [0.717, 1.165) is 22.4 Å².